The van der Waals surface area contributed by atoms with Crippen molar-refractivity contribution in [2.45, 2.75) is 26.2 Å². The van der Waals surface area contributed by atoms with Gasteiger partial charge in [-0.05, 0) is 52.7 Å². The lowest BCUT2D eigenvalue weighted by Crippen LogP contribution is -2.12. The third-order valence-electron chi connectivity index (χ3n) is 3.65. The Morgan fingerprint density at radius 2 is 2.33 bits per heavy atom. The van der Waals surface area contributed by atoms with Gasteiger partial charge in [-0.3, -0.25) is 0 Å². The molecule has 0 amide bonds. The van der Waals surface area contributed by atoms with Crippen molar-refractivity contribution in [3.63, 3.8) is 0 Å². The normalized spacial score (nSPS) is 23.7. The fourth-order valence-corrected chi connectivity index (χ4v) is 3.00. The van der Waals surface area contributed by atoms with Crippen LogP contribution in [0.3, 0.4) is 0 Å². The van der Waals surface area contributed by atoms with Gasteiger partial charge in [0.15, 0.2) is 5.65 Å². The van der Waals surface area contributed by atoms with Crippen molar-refractivity contribution in [1.82, 2.24) is 14.6 Å². The quantitative estimate of drug-likeness (QED) is 0.945. The van der Waals surface area contributed by atoms with Crippen LogP contribution in [0.1, 0.15) is 26.2 Å². The summed E-state index contributed by atoms with van der Waals surface area (Å²) in [5, 5.41) is 7.78. The molecular formula is C13H17BrN4. The number of pyridine rings is 1. The monoisotopic (exact) mass is 308 g/mol. The summed E-state index contributed by atoms with van der Waals surface area (Å²) >= 11 is 3.43. The molecule has 0 bridgehead atoms. The van der Waals surface area contributed by atoms with Crippen molar-refractivity contribution in [2.24, 2.45) is 11.8 Å². The number of hydrogen-bond donors (Lipinski definition) is 1. The van der Waals surface area contributed by atoms with Gasteiger partial charge in [-0.15, -0.1) is 5.10 Å². The second kappa shape index (κ2) is 4.88. The number of nitrogens with zero attached hydrogens (tertiary/aromatic N) is 3. The number of aromatic nitrogens is 3. The molecule has 0 radical (unpaired) electrons. The molecule has 1 aliphatic rings. The molecule has 0 aliphatic heterocycles. The largest absolute Gasteiger partial charge is 0.353 e. The summed E-state index contributed by atoms with van der Waals surface area (Å²) in [4.78, 5) is 4.45. The van der Waals surface area contributed by atoms with Gasteiger partial charge < -0.3 is 5.32 Å². The van der Waals surface area contributed by atoms with Crippen LogP contribution in [-0.2, 0) is 0 Å². The Balaban J connectivity index is 1.67. The molecule has 2 aromatic rings. The summed E-state index contributed by atoms with van der Waals surface area (Å²) in [5.74, 6) is 2.38. The number of rotatable bonds is 3. The van der Waals surface area contributed by atoms with Crippen LogP contribution >= 0.6 is 15.9 Å². The van der Waals surface area contributed by atoms with Gasteiger partial charge in [0.05, 0.1) is 0 Å². The van der Waals surface area contributed by atoms with E-state index in [1.165, 1.54) is 19.3 Å². The van der Waals surface area contributed by atoms with Crippen LogP contribution in [0.15, 0.2) is 22.8 Å². The molecule has 18 heavy (non-hydrogen) atoms. The Hall–Kier alpha value is -1.10. The summed E-state index contributed by atoms with van der Waals surface area (Å²) in [6, 6.07) is 3.94. The van der Waals surface area contributed by atoms with Gasteiger partial charge in [0.2, 0.25) is 5.95 Å². The summed E-state index contributed by atoms with van der Waals surface area (Å²) in [5.41, 5.74) is 0.875. The molecule has 2 heterocycles. The number of hydrogen-bond acceptors (Lipinski definition) is 3. The highest BCUT2D eigenvalue weighted by atomic mass is 79.9. The lowest BCUT2D eigenvalue weighted by molar-refractivity contribution is 0.536. The predicted octanol–water partition coefficient (Wildman–Crippen LogP) is 3.34. The molecule has 2 unspecified atom stereocenters. The maximum atomic E-state index is 4.45. The van der Waals surface area contributed by atoms with E-state index >= 15 is 0 Å². The van der Waals surface area contributed by atoms with Crippen molar-refractivity contribution in [3.8, 4) is 0 Å². The van der Waals surface area contributed by atoms with Crippen molar-refractivity contribution in [2.75, 3.05) is 11.9 Å². The Labute approximate surface area is 115 Å². The highest BCUT2D eigenvalue weighted by Crippen LogP contribution is 2.30. The van der Waals surface area contributed by atoms with Crippen LogP contribution in [0.5, 0.6) is 0 Å². The van der Waals surface area contributed by atoms with E-state index in [2.05, 4.69) is 38.3 Å². The summed E-state index contributed by atoms with van der Waals surface area (Å²) in [6.07, 6.45) is 5.93. The molecule has 2 aromatic heterocycles. The summed E-state index contributed by atoms with van der Waals surface area (Å²) in [7, 11) is 0. The third kappa shape index (κ3) is 2.51. The van der Waals surface area contributed by atoms with Crippen LogP contribution in [0, 0.1) is 11.8 Å². The van der Waals surface area contributed by atoms with Gasteiger partial charge in [0, 0.05) is 17.2 Å². The Bertz CT molecular complexity index is 551. The maximum Gasteiger partial charge on any atom is 0.243 e. The molecule has 1 N–H and O–H groups in total. The van der Waals surface area contributed by atoms with E-state index in [1.54, 1.807) is 4.52 Å². The Kier molecular flexibility index (Phi) is 3.24. The molecule has 0 spiro atoms. The lowest BCUT2D eigenvalue weighted by atomic mass is 10.1. The van der Waals surface area contributed by atoms with E-state index in [0.29, 0.717) is 0 Å². The molecule has 1 aliphatic carbocycles. The van der Waals surface area contributed by atoms with E-state index in [0.717, 1.165) is 34.4 Å². The van der Waals surface area contributed by atoms with Crippen molar-refractivity contribution in [3.05, 3.63) is 22.8 Å². The van der Waals surface area contributed by atoms with Gasteiger partial charge >= 0.3 is 0 Å². The molecule has 0 saturated heterocycles. The predicted molar refractivity (Wildman–Crippen MR) is 75.7 cm³/mol. The van der Waals surface area contributed by atoms with Gasteiger partial charge in [-0.25, -0.2) is 4.52 Å². The third-order valence-corrected chi connectivity index (χ3v) is 4.12. The highest BCUT2D eigenvalue weighted by Gasteiger charge is 2.21. The van der Waals surface area contributed by atoms with Crippen molar-refractivity contribution < 1.29 is 0 Å². The molecule has 1 fully saturated rings. The number of fused-ring (bicyclic) bond motifs is 1. The zero-order valence-corrected chi connectivity index (χ0v) is 12.0. The average Bonchev–Trinajstić information content (AvgIpc) is 2.92. The molecule has 0 aromatic carbocycles. The number of nitrogens with one attached hydrogen (secondary N) is 1. The van der Waals surface area contributed by atoms with E-state index in [4.69, 9.17) is 0 Å². The minimum Gasteiger partial charge on any atom is -0.353 e. The van der Waals surface area contributed by atoms with Gasteiger partial charge in [-0.1, -0.05) is 13.3 Å². The number of halogens is 1. The van der Waals surface area contributed by atoms with Gasteiger partial charge in [0.25, 0.3) is 0 Å². The Morgan fingerprint density at radius 3 is 3.11 bits per heavy atom. The first-order valence-electron chi connectivity index (χ1n) is 6.46. The van der Waals surface area contributed by atoms with Gasteiger partial charge in [0.1, 0.15) is 0 Å². The number of anilines is 1. The van der Waals surface area contributed by atoms with E-state index < -0.39 is 0 Å². The van der Waals surface area contributed by atoms with Crippen LogP contribution in [0.2, 0.25) is 0 Å². The Morgan fingerprint density at radius 1 is 1.44 bits per heavy atom. The fourth-order valence-electron chi connectivity index (χ4n) is 2.68. The van der Waals surface area contributed by atoms with Crippen LogP contribution in [0.4, 0.5) is 5.95 Å². The van der Waals surface area contributed by atoms with Crippen LogP contribution in [0.25, 0.3) is 5.65 Å². The molecule has 1 saturated carbocycles. The zero-order chi connectivity index (χ0) is 12.5. The molecule has 4 nitrogen and oxygen atoms in total. The second-order valence-corrected chi connectivity index (χ2v) is 6.17. The fraction of sp³-hybridized carbons (Fsp3) is 0.538. The van der Waals surface area contributed by atoms with Crippen molar-refractivity contribution >= 4 is 27.5 Å². The minimum atomic E-state index is 0.729. The molecule has 3 rings (SSSR count). The standard InChI is InChI=1S/C13H17BrN4/c1-9-2-3-10(6-9)7-15-13-16-12-5-4-11(14)8-18(12)17-13/h4-5,8-10H,2-3,6-7H2,1H3,(H,15,17). The zero-order valence-electron chi connectivity index (χ0n) is 10.4. The molecule has 96 valence electrons. The van der Waals surface area contributed by atoms with Gasteiger partial charge in [-0.2, -0.15) is 4.98 Å². The van der Waals surface area contributed by atoms with E-state index in [9.17, 15) is 0 Å². The first kappa shape index (κ1) is 12.0. The van der Waals surface area contributed by atoms with Crippen LogP contribution < -0.4 is 5.32 Å². The molecular weight excluding hydrogens is 292 g/mol. The SMILES string of the molecule is CC1CCC(CNc2nc3ccc(Br)cn3n2)C1. The first-order valence-corrected chi connectivity index (χ1v) is 7.26. The molecule has 5 heteroatoms. The average molecular weight is 309 g/mol. The molecule has 2 atom stereocenters. The smallest absolute Gasteiger partial charge is 0.243 e. The van der Waals surface area contributed by atoms with E-state index in [1.807, 2.05) is 18.3 Å². The lowest BCUT2D eigenvalue weighted by Gasteiger charge is -2.08. The maximum absolute atomic E-state index is 4.45. The topological polar surface area (TPSA) is 42.2 Å². The second-order valence-electron chi connectivity index (χ2n) is 5.25. The first-order chi connectivity index (χ1) is 8.70. The van der Waals surface area contributed by atoms with Crippen LogP contribution in [-0.4, -0.2) is 21.1 Å². The summed E-state index contributed by atoms with van der Waals surface area (Å²) < 4.78 is 2.81. The van der Waals surface area contributed by atoms with E-state index in [-0.39, 0.29) is 0 Å². The minimum absolute atomic E-state index is 0.729. The highest BCUT2D eigenvalue weighted by molar-refractivity contribution is 9.10. The summed E-state index contributed by atoms with van der Waals surface area (Å²) in [6.45, 7) is 3.32. The van der Waals surface area contributed by atoms with Crippen molar-refractivity contribution in [1.29, 1.82) is 0 Å².